The van der Waals surface area contributed by atoms with Gasteiger partial charge in [-0.2, -0.15) is 5.26 Å². The average molecular weight is 161 g/mol. The second kappa shape index (κ2) is 7.36. The van der Waals surface area contributed by atoms with Crippen LogP contribution in [0.5, 0.6) is 0 Å². The van der Waals surface area contributed by atoms with Crippen molar-refractivity contribution in [2.75, 3.05) is 7.11 Å². The summed E-state index contributed by atoms with van der Waals surface area (Å²) in [6.07, 6.45) is 9.92. The van der Waals surface area contributed by atoms with E-state index in [9.17, 15) is 0 Å². The molecule has 0 spiro atoms. The summed E-state index contributed by atoms with van der Waals surface area (Å²) in [5, 5.41) is 8.23. The van der Waals surface area contributed by atoms with Crippen molar-refractivity contribution in [3.63, 3.8) is 0 Å². The highest BCUT2D eigenvalue weighted by Gasteiger charge is 1.83. The summed E-state index contributed by atoms with van der Waals surface area (Å²) in [6, 6.07) is 1.88. The summed E-state index contributed by atoms with van der Waals surface area (Å²) in [5.74, 6) is 0.634. The van der Waals surface area contributed by atoms with E-state index in [0.717, 1.165) is 0 Å². The first-order valence-corrected chi connectivity index (χ1v) is 3.44. The molecule has 0 radical (unpaired) electrons. The van der Waals surface area contributed by atoms with Crippen LogP contribution in [0.2, 0.25) is 0 Å². The van der Waals surface area contributed by atoms with E-state index in [2.05, 4.69) is 6.58 Å². The standard InChI is InChI=1S/C10H11NO/c1-3-4-5-7-10(12-2)8-6-9-11/h3-8H,1H2,2H3/b5-4+,8-6-,10-7-. The van der Waals surface area contributed by atoms with Crippen LogP contribution in [0.15, 0.2) is 48.8 Å². The van der Waals surface area contributed by atoms with Gasteiger partial charge in [-0.1, -0.05) is 24.8 Å². The van der Waals surface area contributed by atoms with Gasteiger partial charge in [0.25, 0.3) is 0 Å². The molecule has 2 heteroatoms. The minimum absolute atomic E-state index is 0.634. The molecule has 0 aliphatic rings. The van der Waals surface area contributed by atoms with Crippen LogP contribution in [0, 0.1) is 11.3 Å². The number of nitriles is 1. The van der Waals surface area contributed by atoms with Gasteiger partial charge in [0.05, 0.1) is 13.2 Å². The Balaban J connectivity index is 4.24. The molecule has 0 aromatic heterocycles. The van der Waals surface area contributed by atoms with Crippen molar-refractivity contribution in [2.45, 2.75) is 0 Å². The normalized spacial score (nSPS) is 11.8. The molecule has 0 aromatic carbocycles. The first kappa shape index (κ1) is 10.2. The molecule has 0 saturated carbocycles. The SMILES string of the molecule is C=C/C=C/C=C(/C=C\C#N)OC. The molecule has 2 nitrogen and oxygen atoms in total. The molecule has 0 amide bonds. The van der Waals surface area contributed by atoms with Crippen molar-refractivity contribution in [3.05, 3.63) is 48.8 Å². The fraction of sp³-hybridized carbons (Fsp3) is 0.100. The van der Waals surface area contributed by atoms with Crippen LogP contribution in [0.3, 0.4) is 0 Å². The lowest BCUT2D eigenvalue weighted by Gasteiger charge is -1.95. The van der Waals surface area contributed by atoms with Gasteiger partial charge in [-0.05, 0) is 12.2 Å². The molecule has 62 valence electrons. The van der Waals surface area contributed by atoms with Gasteiger partial charge in [0.15, 0.2) is 0 Å². The van der Waals surface area contributed by atoms with Crippen LogP contribution in [-0.2, 0) is 4.74 Å². The van der Waals surface area contributed by atoms with Crippen LogP contribution in [-0.4, -0.2) is 7.11 Å². The maximum Gasteiger partial charge on any atom is 0.119 e. The zero-order chi connectivity index (χ0) is 9.23. The van der Waals surface area contributed by atoms with Gasteiger partial charge in [-0.25, -0.2) is 0 Å². The Morgan fingerprint density at radius 2 is 2.25 bits per heavy atom. The van der Waals surface area contributed by atoms with E-state index in [1.165, 1.54) is 6.08 Å². The first-order chi connectivity index (χ1) is 5.85. The molecule has 12 heavy (non-hydrogen) atoms. The highest BCUT2D eigenvalue weighted by molar-refractivity contribution is 5.23. The Kier molecular flexibility index (Phi) is 6.29. The molecule has 0 N–H and O–H groups in total. The molecule has 0 heterocycles. The Morgan fingerprint density at radius 3 is 2.75 bits per heavy atom. The van der Waals surface area contributed by atoms with Gasteiger partial charge in [-0.15, -0.1) is 0 Å². The van der Waals surface area contributed by atoms with Gasteiger partial charge in [0, 0.05) is 6.08 Å². The molecular formula is C10H11NO. The summed E-state index contributed by atoms with van der Waals surface area (Å²) < 4.78 is 4.94. The topological polar surface area (TPSA) is 33.0 Å². The van der Waals surface area contributed by atoms with E-state index in [4.69, 9.17) is 10.00 Å². The highest BCUT2D eigenvalue weighted by Crippen LogP contribution is 1.97. The number of methoxy groups -OCH3 is 1. The van der Waals surface area contributed by atoms with Crippen LogP contribution in [0.25, 0.3) is 0 Å². The number of allylic oxidation sites excluding steroid dienone is 6. The minimum Gasteiger partial charge on any atom is -0.497 e. The monoisotopic (exact) mass is 161 g/mol. The smallest absolute Gasteiger partial charge is 0.119 e. The third-order valence-electron chi connectivity index (χ3n) is 1.07. The van der Waals surface area contributed by atoms with E-state index in [-0.39, 0.29) is 0 Å². The average Bonchev–Trinajstić information content (AvgIpc) is 2.11. The van der Waals surface area contributed by atoms with E-state index in [0.29, 0.717) is 5.76 Å². The minimum atomic E-state index is 0.634. The van der Waals surface area contributed by atoms with Crippen molar-refractivity contribution < 1.29 is 4.74 Å². The number of hydrogen-bond donors (Lipinski definition) is 0. The number of ether oxygens (including phenoxy) is 1. The lowest BCUT2D eigenvalue weighted by molar-refractivity contribution is 0.307. The Morgan fingerprint density at radius 1 is 1.50 bits per heavy atom. The maximum atomic E-state index is 8.23. The van der Waals surface area contributed by atoms with Crippen LogP contribution in [0.4, 0.5) is 0 Å². The van der Waals surface area contributed by atoms with Gasteiger partial charge < -0.3 is 4.74 Å². The molecule has 0 aliphatic heterocycles. The van der Waals surface area contributed by atoms with Crippen molar-refractivity contribution in [1.82, 2.24) is 0 Å². The zero-order valence-electron chi connectivity index (χ0n) is 7.03. The molecular weight excluding hydrogens is 150 g/mol. The third kappa shape index (κ3) is 5.07. The predicted octanol–water partition coefficient (Wildman–Crippen LogP) is 2.34. The van der Waals surface area contributed by atoms with E-state index in [1.54, 1.807) is 37.5 Å². The maximum absolute atomic E-state index is 8.23. The largest absolute Gasteiger partial charge is 0.497 e. The first-order valence-electron chi connectivity index (χ1n) is 3.44. The number of nitrogens with zero attached hydrogens (tertiary/aromatic N) is 1. The van der Waals surface area contributed by atoms with Crippen LogP contribution < -0.4 is 0 Å². The molecule has 0 unspecified atom stereocenters. The number of hydrogen-bond acceptors (Lipinski definition) is 2. The molecule has 0 rings (SSSR count). The third-order valence-corrected chi connectivity index (χ3v) is 1.07. The highest BCUT2D eigenvalue weighted by atomic mass is 16.5. The Hall–Kier alpha value is -1.75. The summed E-state index contributed by atoms with van der Waals surface area (Å²) in [4.78, 5) is 0. The Bertz CT molecular complexity index is 254. The van der Waals surface area contributed by atoms with Gasteiger partial charge in [0.2, 0.25) is 0 Å². The quantitative estimate of drug-likeness (QED) is 0.360. The van der Waals surface area contributed by atoms with Crippen molar-refractivity contribution in [2.24, 2.45) is 0 Å². The second-order valence-corrected chi connectivity index (χ2v) is 1.86. The van der Waals surface area contributed by atoms with Gasteiger partial charge in [-0.3, -0.25) is 0 Å². The second-order valence-electron chi connectivity index (χ2n) is 1.86. The summed E-state index contributed by atoms with van der Waals surface area (Å²) in [6.45, 7) is 3.52. The summed E-state index contributed by atoms with van der Waals surface area (Å²) in [5.41, 5.74) is 0. The zero-order valence-corrected chi connectivity index (χ0v) is 7.03. The van der Waals surface area contributed by atoms with Gasteiger partial charge in [0.1, 0.15) is 5.76 Å². The van der Waals surface area contributed by atoms with E-state index >= 15 is 0 Å². The van der Waals surface area contributed by atoms with Crippen molar-refractivity contribution >= 4 is 0 Å². The van der Waals surface area contributed by atoms with Gasteiger partial charge >= 0.3 is 0 Å². The van der Waals surface area contributed by atoms with Crippen molar-refractivity contribution in [1.29, 1.82) is 5.26 Å². The molecule has 0 atom stereocenters. The fourth-order valence-corrected chi connectivity index (χ4v) is 0.540. The van der Waals surface area contributed by atoms with E-state index < -0.39 is 0 Å². The summed E-state index contributed by atoms with van der Waals surface area (Å²) >= 11 is 0. The van der Waals surface area contributed by atoms with E-state index in [1.807, 2.05) is 6.07 Å². The van der Waals surface area contributed by atoms with Crippen LogP contribution >= 0.6 is 0 Å². The molecule has 0 fully saturated rings. The molecule has 0 saturated heterocycles. The molecule has 0 bridgehead atoms. The predicted molar refractivity (Wildman–Crippen MR) is 49.2 cm³/mol. The molecule has 0 aromatic rings. The van der Waals surface area contributed by atoms with Crippen molar-refractivity contribution in [3.8, 4) is 6.07 Å². The number of rotatable bonds is 4. The fourth-order valence-electron chi connectivity index (χ4n) is 0.540. The summed E-state index contributed by atoms with van der Waals surface area (Å²) in [7, 11) is 1.55. The Labute approximate surface area is 72.8 Å². The van der Waals surface area contributed by atoms with Crippen LogP contribution in [0.1, 0.15) is 0 Å². The lowest BCUT2D eigenvalue weighted by Crippen LogP contribution is -1.79. The molecule has 0 aliphatic carbocycles. The lowest BCUT2D eigenvalue weighted by atomic mass is 10.3.